The lowest BCUT2D eigenvalue weighted by atomic mass is 10.1. The van der Waals surface area contributed by atoms with Crippen LogP contribution in [0.5, 0.6) is 0 Å². The molecule has 0 aliphatic heterocycles. The lowest BCUT2D eigenvalue weighted by Crippen LogP contribution is -2.24. The first kappa shape index (κ1) is 17.8. The summed E-state index contributed by atoms with van der Waals surface area (Å²) >= 11 is 1.40. The van der Waals surface area contributed by atoms with Gasteiger partial charge in [0.25, 0.3) is 0 Å². The van der Waals surface area contributed by atoms with Crippen LogP contribution in [-0.4, -0.2) is 22.9 Å². The summed E-state index contributed by atoms with van der Waals surface area (Å²) in [6, 6.07) is 18.5. The molecule has 5 nitrogen and oxygen atoms in total. The Balaban J connectivity index is 1.97. The first-order chi connectivity index (χ1) is 12.6. The highest BCUT2D eigenvalue weighted by Crippen LogP contribution is 2.33. The maximum absolute atomic E-state index is 11.2. The standard InChI is InChI=1S/C20H17N3O2S/c1-14-18(13-24)22-20(26-14)23(17-9-7-15(11-21)8-10-17)12-19(25)16-5-3-2-4-6-16/h2-10,13,19,25H,12H2,1H3. The highest BCUT2D eigenvalue weighted by molar-refractivity contribution is 7.15. The fourth-order valence-electron chi connectivity index (χ4n) is 2.58. The molecule has 0 radical (unpaired) electrons. The zero-order valence-electron chi connectivity index (χ0n) is 14.2. The monoisotopic (exact) mass is 363 g/mol. The van der Waals surface area contributed by atoms with Gasteiger partial charge >= 0.3 is 0 Å². The molecule has 0 bridgehead atoms. The molecule has 1 atom stereocenters. The predicted molar refractivity (Wildman–Crippen MR) is 102 cm³/mol. The third-order valence-corrected chi connectivity index (χ3v) is 5.02. The van der Waals surface area contributed by atoms with Crippen LogP contribution in [-0.2, 0) is 0 Å². The highest BCUT2D eigenvalue weighted by Gasteiger charge is 2.20. The Hall–Kier alpha value is -3.01. The summed E-state index contributed by atoms with van der Waals surface area (Å²) in [5.74, 6) is 0. The number of rotatable bonds is 6. The summed E-state index contributed by atoms with van der Waals surface area (Å²) in [5.41, 5.74) is 2.55. The number of thiazole rings is 1. The van der Waals surface area contributed by atoms with E-state index in [1.165, 1.54) is 11.3 Å². The van der Waals surface area contributed by atoms with Crippen molar-refractivity contribution in [3.8, 4) is 6.07 Å². The maximum atomic E-state index is 11.2. The topological polar surface area (TPSA) is 77.2 Å². The van der Waals surface area contributed by atoms with Crippen LogP contribution in [0, 0.1) is 18.3 Å². The van der Waals surface area contributed by atoms with Crippen molar-refractivity contribution < 1.29 is 9.90 Å². The fourth-order valence-corrected chi connectivity index (χ4v) is 3.49. The largest absolute Gasteiger partial charge is 0.387 e. The Bertz CT molecular complexity index is 930. The van der Waals surface area contributed by atoms with E-state index in [9.17, 15) is 9.90 Å². The quantitative estimate of drug-likeness (QED) is 0.670. The number of anilines is 2. The summed E-state index contributed by atoms with van der Waals surface area (Å²) < 4.78 is 0. The summed E-state index contributed by atoms with van der Waals surface area (Å²) in [6.07, 6.45) is 0.00985. The lowest BCUT2D eigenvalue weighted by Gasteiger charge is -2.25. The van der Waals surface area contributed by atoms with Crippen LogP contribution in [0.25, 0.3) is 0 Å². The van der Waals surface area contributed by atoms with E-state index in [0.717, 1.165) is 22.4 Å². The third-order valence-electron chi connectivity index (χ3n) is 4.01. The third kappa shape index (κ3) is 3.80. The Labute approximate surface area is 155 Å². The maximum Gasteiger partial charge on any atom is 0.190 e. The van der Waals surface area contributed by atoms with Gasteiger partial charge in [-0.05, 0) is 36.8 Å². The average Bonchev–Trinajstić information content (AvgIpc) is 3.07. The van der Waals surface area contributed by atoms with E-state index in [-0.39, 0.29) is 6.54 Å². The molecule has 0 fully saturated rings. The van der Waals surface area contributed by atoms with Crippen molar-refractivity contribution in [2.75, 3.05) is 11.4 Å². The average molecular weight is 363 g/mol. The van der Waals surface area contributed by atoms with Crippen LogP contribution < -0.4 is 4.90 Å². The second-order valence-corrected chi connectivity index (χ2v) is 6.93. The van der Waals surface area contributed by atoms with Crippen LogP contribution in [0.1, 0.15) is 32.6 Å². The Kier molecular flexibility index (Phi) is 5.42. The van der Waals surface area contributed by atoms with E-state index < -0.39 is 6.10 Å². The van der Waals surface area contributed by atoms with Crippen molar-refractivity contribution in [3.63, 3.8) is 0 Å². The van der Waals surface area contributed by atoms with Crippen LogP contribution in [0.3, 0.4) is 0 Å². The SMILES string of the molecule is Cc1sc(N(CC(O)c2ccccc2)c2ccc(C#N)cc2)nc1C=O. The molecule has 2 aromatic carbocycles. The van der Waals surface area contributed by atoms with Gasteiger partial charge in [0, 0.05) is 10.6 Å². The van der Waals surface area contributed by atoms with Gasteiger partial charge in [0.1, 0.15) is 5.69 Å². The molecule has 0 saturated carbocycles. The molecule has 1 unspecified atom stereocenters. The minimum atomic E-state index is -0.726. The van der Waals surface area contributed by atoms with Crippen molar-refractivity contribution in [2.45, 2.75) is 13.0 Å². The van der Waals surface area contributed by atoms with Crippen LogP contribution in [0.15, 0.2) is 54.6 Å². The summed E-state index contributed by atoms with van der Waals surface area (Å²) in [4.78, 5) is 18.2. The molecule has 0 aliphatic rings. The molecule has 3 rings (SSSR count). The van der Waals surface area contributed by atoms with E-state index >= 15 is 0 Å². The van der Waals surface area contributed by atoms with Gasteiger partial charge < -0.3 is 10.0 Å². The number of hydrogen-bond donors (Lipinski definition) is 1. The van der Waals surface area contributed by atoms with Gasteiger partial charge in [-0.2, -0.15) is 5.26 Å². The van der Waals surface area contributed by atoms with Gasteiger partial charge in [-0.1, -0.05) is 30.3 Å². The van der Waals surface area contributed by atoms with Gasteiger partial charge in [-0.25, -0.2) is 4.98 Å². The molecule has 26 heavy (non-hydrogen) atoms. The molecule has 0 amide bonds. The normalized spacial score (nSPS) is 11.6. The molecular weight excluding hydrogens is 346 g/mol. The Morgan fingerprint density at radius 2 is 1.92 bits per heavy atom. The highest BCUT2D eigenvalue weighted by atomic mass is 32.1. The van der Waals surface area contributed by atoms with Crippen molar-refractivity contribution >= 4 is 28.4 Å². The number of aldehydes is 1. The lowest BCUT2D eigenvalue weighted by molar-refractivity contribution is 0.111. The summed E-state index contributed by atoms with van der Waals surface area (Å²) in [6.45, 7) is 2.12. The molecule has 130 valence electrons. The smallest absolute Gasteiger partial charge is 0.190 e. The number of hydrogen-bond acceptors (Lipinski definition) is 6. The van der Waals surface area contributed by atoms with Crippen molar-refractivity contribution in [1.29, 1.82) is 5.26 Å². The zero-order valence-corrected chi connectivity index (χ0v) is 15.0. The second kappa shape index (κ2) is 7.91. The van der Waals surface area contributed by atoms with Crippen LogP contribution in [0.4, 0.5) is 10.8 Å². The van der Waals surface area contributed by atoms with Gasteiger partial charge in [-0.3, -0.25) is 4.79 Å². The first-order valence-electron chi connectivity index (χ1n) is 8.05. The minimum absolute atomic E-state index is 0.279. The van der Waals surface area contributed by atoms with Crippen LogP contribution >= 0.6 is 11.3 Å². The van der Waals surface area contributed by atoms with E-state index in [0.29, 0.717) is 16.4 Å². The van der Waals surface area contributed by atoms with Crippen molar-refractivity contribution in [1.82, 2.24) is 4.98 Å². The minimum Gasteiger partial charge on any atom is -0.387 e. The molecule has 0 saturated heterocycles. The molecular formula is C20H17N3O2S. The second-order valence-electron chi connectivity index (χ2n) is 5.75. The predicted octanol–water partition coefficient (Wildman–Crippen LogP) is 4.01. The number of nitriles is 1. The van der Waals surface area contributed by atoms with Gasteiger partial charge in [0.15, 0.2) is 11.4 Å². The molecule has 0 spiro atoms. The number of carbonyl (C=O) groups is 1. The number of aromatic nitrogens is 1. The van der Waals surface area contributed by atoms with E-state index in [2.05, 4.69) is 11.1 Å². The Morgan fingerprint density at radius 1 is 1.23 bits per heavy atom. The summed E-state index contributed by atoms with van der Waals surface area (Å²) in [5, 5.41) is 20.3. The molecule has 1 N–H and O–H groups in total. The number of carbonyl (C=O) groups excluding carboxylic acids is 1. The van der Waals surface area contributed by atoms with E-state index in [1.807, 2.05) is 54.3 Å². The molecule has 6 heteroatoms. The zero-order chi connectivity index (χ0) is 18.5. The summed E-state index contributed by atoms with van der Waals surface area (Å²) in [7, 11) is 0. The number of nitrogens with zero attached hydrogens (tertiary/aromatic N) is 3. The fraction of sp³-hybridized carbons (Fsp3) is 0.150. The van der Waals surface area contributed by atoms with Gasteiger partial charge in [0.05, 0.1) is 24.3 Å². The van der Waals surface area contributed by atoms with E-state index in [1.54, 1.807) is 12.1 Å². The number of benzene rings is 2. The molecule has 3 aromatic rings. The number of aryl methyl sites for hydroxylation is 1. The van der Waals surface area contributed by atoms with E-state index in [4.69, 9.17) is 5.26 Å². The molecule has 0 aliphatic carbocycles. The number of aliphatic hydroxyl groups excluding tert-OH is 1. The Morgan fingerprint density at radius 3 is 2.50 bits per heavy atom. The molecule has 1 aromatic heterocycles. The van der Waals surface area contributed by atoms with Crippen molar-refractivity contribution in [3.05, 3.63) is 76.3 Å². The van der Waals surface area contributed by atoms with Crippen molar-refractivity contribution in [2.24, 2.45) is 0 Å². The number of aliphatic hydroxyl groups is 1. The molecule has 1 heterocycles. The van der Waals surface area contributed by atoms with Crippen LogP contribution in [0.2, 0.25) is 0 Å². The first-order valence-corrected chi connectivity index (χ1v) is 8.87. The van der Waals surface area contributed by atoms with Gasteiger partial charge in [-0.15, -0.1) is 11.3 Å². The van der Waals surface area contributed by atoms with Gasteiger partial charge in [0.2, 0.25) is 0 Å².